The summed E-state index contributed by atoms with van der Waals surface area (Å²) in [5, 5.41) is 9.86. The van der Waals surface area contributed by atoms with Crippen molar-refractivity contribution in [1.29, 1.82) is 0 Å². The van der Waals surface area contributed by atoms with Crippen LogP contribution in [0.5, 0.6) is 0 Å². The van der Waals surface area contributed by atoms with Gasteiger partial charge in [-0.25, -0.2) is 4.98 Å². The Kier molecular flexibility index (Phi) is 4.94. The lowest BCUT2D eigenvalue weighted by atomic mass is 10.2. The molecule has 1 amide bonds. The summed E-state index contributed by atoms with van der Waals surface area (Å²) in [4.78, 5) is 22.5. The number of hydrogen-bond acceptors (Lipinski definition) is 6. The van der Waals surface area contributed by atoms with Crippen molar-refractivity contribution in [2.24, 2.45) is 0 Å². The number of rotatable bonds is 5. The monoisotopic (exact) mass is 316 g/mol. The van der Waals surface area contributed by atoms with Crippen LogP contribution in [0.1, 0.15) is 23.3 Å². The Morgan fingerprint density at radius 2 is 2.48 bits per heavy atom. The van der Waals surface area contributed by atoms with Gasteiger partial charge < -0.3 is 10.1 Å². The highest BCUT2D eigenvalue weighted by molar-refractivity contribution is 5.78. The number of nitrogens with one attached hydrogen (secondary N) is 2. The minimum absolute atomic E-state index is 0.0133. The SMILES string of the molecule is Cc1nc([C@@H]2CN(CC(=O)NCc3cccnc3)CCO2)n[nH]1. The van der Waals surface area contributed by atoms with E-state index < -0.39 is 0 Å². The van der Waals surface area contributed by atoms with Crippen LogP contribution in [-0.4, -0.2) is 57.2 Å². The second kappa shape index (κ2) is 7.30. The van der Waals surface area contributed by atoms with Crippen LogP contribution < -0.4 is 5.32 Å². The average molecular weight is 316 g/mol. The number of carbonyl (C=O) groups excluding carboxylic acids is 1. The van der Waals surface area contributed by atoms with Gasteiger partial charge >= 0.3 is 0 Å². The maximum Gasteiger partial charge on any atom is 0.234 e. The molecule has 2 N–H and O–H groups in total. The van der Waals surface area contributed by atoms with Crippen LogP contribution >= 0.6 is 0 Å². The van der Waals surface area contributed by atoms with E-state index in [1.54, 1.807) is 12.4 Å². The van der Waals surface area contributed by atoms with Gasteiger partial charge in [0.05, 0.1) is 13.2 Å². The Bertz CT molecular complexity index is 644. The molecule has 0 radical (unpaired) electrons. The molecular formula is C15H20N6O2. The summed E-state index contributed by atoms with van der Waals surface area (Å²) in [7, 11) is 0. The molecule has 0 spiro atoms. The number of pyridine rings is 1. The van der Waals surface area contributed by atoms with Crippen molar-refractivity contribution in [3.63, 3.8) is 0 Å². The fourth-order valence-electron chi connectivity index (χ4n) is 2.47. The first-order valence-corrected chi connectivity index (χ1v) is 7.59. The summed E-state index contributed by atoms with van der Waals surface area (Å²) in [5.74, 6) is 1.39. The fourth-order valence-corrected chi connectivity index (χ4v) is 2.47. The van der Waals surface area contributed by atoms with Gasteiger partial charge in [0.15, 0.2) is 5.82 Å². The molecule has 1 aliphatic rings. The molecule has 0 aromatic carbocycles. The van der Waals surface area contributed by atoms with E-state index in [-0.39, 0.29) is 12.0 Å². The first-order valence-electron chi connectivity index (χ1n) is 7.59. The zero-order valence-electron chi connectivity index (χ0n) is 13.0. The number of ether oxygens (including phenoxy) is 1. The number of aromatic nitrogens is 4. The third-order valence-electron chi connectivity index (χ3n) is 3.63. The normalized spacial score (nSPS) is 18.7. The van der Waals surface area contributed by atoms with Crippen molar-refractivity contribution >= 4 is 5.91 Å². The maximum atomic E-state index is 12.1. The molecule has 1 saturated heterocycles. The van der Waals surface area contributed by atoms with Crippen LogP contribution in [0.3, 0.4) is 0 Å². The third-order valence-corrected chi connectivity index (χ3v) is 3.63. The lowest BCUT2D eigenvalue weighted by Gasteiger charge is -2.30. The highest BCUT2D eigenvalue weighted by atomic mass is 16.5. The summed E-state index contributed by atoms with van der Waals surface area (Å²) in [6, 6.07) is 3.79. The van der Waals surface area contributed by atoms with E-state index >= 15 is 0 Å². The molecule has 23 heavy (non-hydrogen) atoms. The smallest absolute Gasteiger partial charge is 0.234 e. The number of amides is 1. The number of nitrogens with zero attached hydrogens (tertiary/aromatic N) is 4. The highest BCUT2D eigenvalue weighted by Gasteiger charge is 2.26. The summed E-state index contributed by atoms with van der Waals surface area (Å²) in [5.41, 5.74) is 0.983. The van der Waals surface area contributed by atoms with Gasteiger partial charge in [0, 0.05) is 32.0 Å². The quantitative estimate of drug-likeness (QED) is 0.818. The Balaban J connectivity index is 1.48. The second-order valence-corrected chi connectivity index (χ2v) is 5.51. The summed E-state index contributed by atoms with van der Waals surface area (Å²) in [6.07, 6.45) is 3.26. The predicted molar refractivity (Wildman–Crippen MR) is 82.3 cm³/mol. The molecular weight excluding hydrogens is 296 g/mol. The fraction of sp³-hybridized carbons (Fsp3) is 0.467. The van der Waals surface area contributed by atoms with Gasteiger partial charge in [0.1, 0.15) is 11.9 Å². The van der Waals surface area contributed by atoms with E-state index in [1.807, 2.05) is 19.1 Å². The topological polar surface area (TPSA) is 96.0 Å². The molecule has 8 heteroatoms. The molecule has 3 heterocycles. The largest absolute Gasteiger partial charge is 0.367 e. The number of H-pyrrole nitrogens is 1. The van der Waals surface area contributed by atoms with Crippen LogP contribution in [0.4, 0.5) is 0 Å². The maximum absolute atomic E-state index is 12.1. The van der Waals surface area contributed by atoms with E-state index in [0.29, 0.717) is 32.1 Å². The molecule has 0 saturated carbocycles. The Morgan fingerprint density at radius 3 is 3.22 bits per heavy atom. The first-order chi connectivity index (χ1) is 11.2. The molecule has 8 nitrogen and oxygen atoms in total. The van der Waals surface area contributed by atoms with Gasteiger partial charge in [-0.2, -0.15) is 5.10 Å². The molecule has 2 aromatic heterocycles. The molecule has 1 atom stereocenters. The number of aromatic amines is 1. The zero-order chi connectivity index (χ0) is 16.1. The minimum atomic E-state index is -0.195. The zero-order valence-corrected chi connectivity index (χ0v) is 13.0. The van der Waals surface area contributed by atoms with Gasteiger partial charge in [0.25, 0.3) is 0 Å². The summed E-state index contributed by atoms with van der Waals surface area (Å²) in [6.45, 7) is 4.57. The molecule has 2 aromatic rings. The van der Waals surface area contributed by atoms with Gasteiger partial charge in [0.2, 0.25) is 5.91 Å². The summed E-state index contributed by atoms with van der Waals surface area (Å²) >= 11 is 0. The van der Waals surface area contributed by atoms with E-state index in [0.717, 1.165) is 17.9 Å². The van der Waals surface area contributed by atoms with Crippen molar-refractivity contribution < 1.29 is 9.53 Å². The highest BCUT2D eigenvalue weighted by Crippen LogP contribution is 2.18. The van der Waals surface area contributed by atoms with E-state index in [9.17, 15) is 4.79 Å². The van der Waals surface area contributed by atoms with Crippen LogP contribution in [0.15, 0.2) is 24.5 Å². The lowest BCUT2D eigenvalue weighted by Crippen LogP contribution is -2.44. The number of morpholine rings is 1. The molecule has 0 unspecified atom stereocenters. The molecule has 1 aliphatic heterocycles. The van der Waals surface area contributed by atoms with Gasteiger partial charge in [-0.1, -0.05) is 6.07 Å². The van der Waals surface area contributed by atoms with Crippen molar-refractivity contribution in [1.82, 2.24) is 30.4 Å². The Hall–Kier alpha value is -2.32. The van der Waals surface area contributed by atoms with Crippen molar-refractivity contribution in [2.75, 3.05) is 26.2 Å². The summed E-state index contributed by atoms with van der Waals surface area (Å²) < 4.78 is 5.69. The van der Waals surface area contributed by atoms with Crippen molar-refractivity contribution in [2.45, 2.75) is 19.6 Å². The molecule has 122 valence electrons. The Morgan fingerprint density at radius 1 is 1.57 bits per heavy atom. The first kappa shape index (κ1) is 15.6. The minimum Gasteiger partial charge on any atom is -0.367 e. The van der Waals surface area contributed by atoms with Gasteiger partial charge in [-0.3, -0.25) is 19.8 Å². The standard InChI is InChI=1S/C15H20N6O2/c1-11-18-15(20-19-11)13-9-21(5-6-23-13)10-14(22)17-8-12-3-2-4-16-7-12/h2-4,7,13H,5-6,8-10H2,1H3,(H,17,22)(H,18,19,20)/t13-/m0/s1. The third kappa shape index (κ3) is 4.33. The van der Waals surface area contributed by atoms with E-state index in [4.69, 9.17) is 4.74 Å². The van der Waals surface area contributed by atoms with Gasteiger partial charge in [-0.05, 0) is 18.6 Å². The predicted octanol–water partition coefficient (Wildman–Crippen LogP) is 0.198. The number of aryl methyl sites for hydroxylation is 1. The molecule has 3 rings (SSSR count). The molecule has 0 aliphatic carbocycles. The lowest BCUT2D eigenvalue weighted by molar-refractivity contribution is -0.124. The van der Waals surface area contributed by atoms with Crippen LogP contribution in [0.25, 0.3) is 0 Å². The second-order valence-electron chi connectivity index (χ2n) is 5.51. The van der Waals surface area contributed by atoms with Crippen molar-refractivity contribution in [3.05, 3.63) is 41.7 Å². The molecule has 0 bridgehead atoms. The number of hydrogen-bond donors (Lipinski definition) is 2. The van der Waals surface area contributed by atoms with Crippen LogP contribution in [0.2, 0.25) is 0 Å². The van der Waals surface area contributed by atoms with Crippen LogP contribution in [-0.2, 0) is 16.1 Å². The molecule has 1 fully saturated rings. The van der Waals surface area contributed by atoms with Crippen LogP contribution in [0, 0.1) is 6.92 Å². The van der Waals surface area contributed by atoms with E-state index in [2.05, 4.69) is 30.4 Å². The Labute approximate surface area is 134 Å². The van der Waals surface area contributed by atoms with Gasteiger partial charge in [-0.15, -0.1) is 0 Å². The van der Waals surface area contributed by atoms with E-state index in [1.165, 1.54) is 0 Å². The number of carbonyl (C=O) groups is 1. The average Bonchev–Trinajstić information content (AvgIpc) is 3.01. The van der Waals surface area contributed by atoms with Crippen molar-refractivity contribution in [3.8, 4) is 0 Å².